The van der Waals surface area contributed by atoms with Crippen LogP contribution in [0.2, 0.25) is 0 Å². The van der Waals surface area contributed by atoms with Crippen LogP contribution in [-0.2, 0) is 14.3 Å². The van der Waals surface area contributed by atoms with Crippen LogP contribution in [-0.4, -0.2) is 50.1 Å². The number of nitrogens with one attached hydrogen (secondary N) is 3. The number of urea groups is 1. The molecule has 9 heteroatoms. The molecule has 0 aromatic heterocycles. The number of benzene rings is 1. The molecular weight excluding hydrogens is 366 g/mol. The van der Waals surface area contributed by atoms with Crippen molar-refractivity contribution in [1.82, 2.24) is 16.0 Å². The van der Waals surface area contributed by atoms with Crippen LogP contribution in [0.25, 0.3) is 0 Å². The number of rotatable bonds is 7. The van der Waals surface area contributed by atoms with E-state index in [0.717, 1.165) is 32.1 Å². The molecule has 0 atom stereocenters. The third-order valence-electron chi connectivity index (χ3n) is 4.30. The van der Waals surface area contributed by atoms with Gasteiger partial charge >= 0.3 is 12.0 Å². The van der Waals surface area contributed by atoms with Crippen molar-refractivity contribution >= 4 is 23.8 Å². The highest BCUT2D eigenvalue weighted by Crippen LogP contribution is 2.17. The Morgan fingerprint density at radius 2 is 1.79 bits per heavy atom. The molecule has 4 amide bonds. The van der Waals surface area contributed by atoms with Gasteiger partial charge in [-0.25, -0.2) is 4.79 Å². The molecule has 1 fully saturated rings. The molecule has 0 unspecified atom stereocenters. The zero-order valence-corrected chi connectivity index (χ0v) is 15.8. The molecule has 1 aliphatic carbocycles. The lowest BCUT2D eigenvalue weighted by Gasteiger charge is -2.22. The number of methoxy groups -OCH3 is 1. The number of hydrogen-bond donors (Lipinski definition) is 3. The Kier molecular flexibility index (Phi) is 8.26. The maximum absolute atomic E-state index is 12.1. The molecule has 0 saturated heterocycles. The van der Waals surface area contributed by atoms with E-state index in [1.807, 2.05) is 0 Å². The minimum absolute atomic E-state index is 0.0642. The molecule has 0 heterocycles. The first-order valence-corrected chi connectivity index (χ1v) is 9.16. The van der Waals surface area contributed by atoms with Gasteiger partial charge in [-0.2, -0.15) is 0 Å². The molecule has 3 N–H and O–H groups in total. The van der Waals surface area contributed by atoms with E-state index in [0.29, 0.717) is 5.75 Å². The SMILES string of the molecule is COc1ccccc1C(=O)NCC(=O)OCC(=O)NC(=O)NC1CCCCC1. The maximum atomic E-state index is 12.1. The standard InChI is InChI=1S/C19H25N3O6/c1-27-15-10-6-5-9-14(15)18(25)20-11-17(24)28-12-16(23)22-19(26)21-13-7-3-2-4-8-13/h5-6,9-10,13H,2-4,7-8,11-12H2,1H3,(H,20,25)(H2,21,22,23,26). The summed E-state index contributed by atoms with van der Waals surface area (Å²) in [6.45, 7) is -1.03. The van der Waals surface area contributed by atoms with Crippen LogP contribution in [0.4, 0.5) is 4.79 Å². The van der Waals surface area contributed by atoms with E-state index < -0.39 is 37.0 Å². The smallest absolute Gasteiger partial charge is 0.325 e. The van der Waals surface area contributed by atoms with Gasteiger partial charge in [-0.1, -0.05) is 31.4 Å². The van der Waals surface area contributed by atoms with E-state index in [-0.39, 0.29) is 11.6 Å². The van der Waals surface area contributed by atoms with Crippen LogP contribution in [0.5, 0.6) is 5.75 Å². The van der Waals surface area contributed by atoms with Gasteiger partial charge in [0, 0.05) is 6.04 Å². The molecule has 0 radical (unpaired) electrons. The van der Waals surface area contributed by atoms with Crippen molar-refractivity contribution in [2.24, 2.45) is 0 Å². The number of esters is 1. The van der Waals surface area contributed by atoms with Crippen LogP contribution in [0.3, 0.4) is 0 Å². The summed E-state index contributed by atoms with van der Waals surface area (Å²) in [6, 6.07) is 6.02. The number of imide groups is 1. The van der Waals surface area contributed by atoms with Crippen LogP contribution in [0, 0.1) is 0 Å². The average molecular weight is 391 g/mol. The van der Waals surface area contributed by atoms with Crippen molar-refractivity contribution in [3.05, 3.63) is 29.8 Å². The number of ether oxygens (including phenoxy) is 2. The number of amides is 4. The Hall–Kier alpha value is -3.10. The van der Waals surface area contributed by atoms with Crippen molar-refractivity contribution in [3.63, 3.8) is 0 Å². The molecule has 28 heavy (non-hydrogen) atoms. The normalized spacial score (nSPS) is 13.9. The second-order valence-electron chi connectivity index (χ2n) is 6.40. The van der Waals surface area contributed by atoms with Crippen molar-refractivity contribution < 1.29 is 28.7 Å². The predicted molar refractivity (Wildman–Crippen MR) is 99.8 cm³/mol. The summed E-state index contributed by atoms with van der Waals surface area (Å²) >= 11 is 0. The summed E-state index contributed by atoms with van der Waals surface area (Å²) in [5.74, 6) is -1.67. The van der Waals surface area contributed by atoms with Crippen molar-refractivity contribution in [1.29, 1.82) is 0 Å². The zero-order chi connectivity index (χ0) is 20.4. The highest BCUT2D eigenvalue weighted by atomic mass is 16.5. The third kappa shape index (κ3) is 6.90. The van der Waals surface area contributed by atoms with Crippen LogP contribution in [0.1, 0.15) is 42.5 Å². The Morgan fingerprint density at radius 3 is 2.50 bits per heavy atom. The fourth-order valence-corrected chi connectivity index (χ4v) is 2.91. The van der Waals surface area contributed by atoms with E-state index in [4.69, 9.17) is 9.47 Å². The lowest BCUT2D eigenvalue weighted by Crippen LogP contribution is -2.46. The number of hydrogen-bond acceptors (Lipinski definition) is 6. The summed E-state index contributed by atoms with van der Waals surface area (Å²) in [7, 11) is 1.43. The second-order valence-corrected chi connectivity index (χ2v) is 6.40. The van der Waals surface area contributed by atoms with Gasteiger partial charge in [0.15, 0.2) is 6.61 Å². The number of para-hydroxylation sites is 1. The molecule has 9 nitrogen and oxygen atoms in total. The average Bonchev–Trinajstić information content (AvgIpc) is 2.71. The minimum Gasteiger partial charge on any atom is -0.496 e. The van der Waals surface area contributed by atoms with Crippen LogP contribution < -0.4 is 20.7 Å². The van der Waals surface area contributed by atoms with Crippen molar-refractivity contribution in [3.8, 4) is 5.75 Å². The lowest BCUT2D eigenvalue weighted by molar-refractivity contribution is -0.147. The number of carbonyl (C=O) groups excluding carboxylic acids is 4. The van der Waals surface area contributed by atoms with E-state index in [9.17, 15) is 19.2 Å². The van der Waals surface area contributed by atoms with Crippen molar-refractivity contribution in [2.75, 3.05) is 20.3 Å². The summed E-state index contributed by atoms with van der Waals surface area (Å²) in [6.07, 6.45) is 5.04. The maximum Gasteiger partial charge on any atom is 0.325 e. The molecule has 0 bridgehead atoms. The Bertz CT molecular complexity index is 715. The van der Waals surface area contributed by atoms with Gasteiger partial charge in [0.25, 0.3) is 11.8 Å². The van der Waals surface area contributed by atoms with E-state index in [1.54, 1.807) is 24.3 Å². The summed E-state index contributed by atoms with van der Waals surface area (Å²) in [5, 5.41) is 7.23. The van der Waals surface area contributed by atoms with E-state index in [1.165, 1.54) is 7.11 Å². The number of carbonyl (C=O) groups is 4. The molecule has 152 valence electrons. The summed E-state index contributed by atoms with van der Waals surface area (Å²) in [5.41, 5.74) is 0.273. The molecular formula is C19H25N3O6. The molecule has 0 spiro atoms. The summed E-state index contributed by atoms with van der Waals surface area (Å²) in [4.78, 5) is 47.2. The third-order valence-corrected chi connectivity index (χ3v) is 4.30. The monoisotopic (exact) mass is 391 g/mol. The molecule has 1 aliphatic rings. The van der Waals surface area contributed by atoms with Gasteiger partial charge < -0.3 is 20.1 Å². The quantitative estimate of drug-likeness (QED) is 0.599. The molecule has 1 aromatic carbocycles. The van der Waals surface area contributed by atoms with E-state index >= 15 is 0 Å². The highest BCUT2D eigenvalue weighted by molar-refractivity contribution is 5.99. The summed E-state index contributed by atoms with van der Waals surface area (Å²) < 4.78 is 9.84. The van der Waals surface area contributed by atoms with Gasteiger partial charge in [0.2, 0.25) is 0 Å². The topological polar surface area (TPSA) is 123 Å². The second kappa shape index (κ2) is 10.9. The van der Waals surface area contributed by atoms with E-state index in [2.05, 4.69) is 16.0 Å². The fourth-order valence-electron chi connectivity index (χ4n) is 2.91. The first kappa shape index (κ1) is 21.2. The Balaban J connectivity index is 1.66. The molecule has 1 saturated carbocycles. The van der Waals surface area contributed by atoms with Crippen LogP contribution >= 0.6 is 0 Å². The van der Waals surface area contributed by atoms with Crippen LogP contribution in [0.15, 0.2) is 24.3 Å². The van der Waals surface area contributed by atoms with Gasteiger partial charge in [0.05, 0.1) is 12.7 Å². The van der Waals surface area contributed by atoms with Gasteiger partial charge in [-0.15, -0.1) is 0 Å². The first-order chi connectivity index (χ1) is 13.5. The largest absolute Gasteiger partial charge is 0.496 e. The van der Waals surface area contributed by atoms with Gasteiger partial charge in [-0.05, 0) is 25.0 Å². The Labute approximate surface area is 163 Å². The van der Waals surface area contributed by atoms with Crippen molar-refractivity contribution in [2.45, 2.75) is 38.1 Å². The molecule has 1 aromatic rings. The highest BCUT2D eigenvalue weighted by Gasteiger charge is 2.18. The molecule has 2 rings (SSSR count). The zero-order valence-electron chi connectivity index (χ0n) is 15.8. The van der Waals surface area contributed by atoms with Gasteiger partial charge in [-0.3, -0.25) is 19.7 Å². The Morgan fingerprint density at radius 1 is 1.07 bits per heavy atom. The minimum atomic E-state index is -0.800. The van der Waals surface area contributed by atoms with Gasteiger partial charge in [0.1, 0.15) is 12.3 Å². The predicted octanol–water partition coefficient (Wildman–Crippen LogP) is 1.13. The lowest BCUT2D eigenvalue weighted by atomic mass is 9.96. The fraction of sp³-hybridized carbons (Fsp3) is 0.474. The molecule has 0 aliphatic heterocycles. The first-order valence-electron chi connectivity index (χ1n) is 9.16.